The first kappa shape index (κ1) is 17.4. The molecule has 0 unspecified atom stereocenters. The fourth-order valence-electron chi connectivity index (χ4n) is 2.05. The fourth-order valence-corrected chi connectivity index (χ4v) is 2.66. The molecule has 0 spiro atoms. The number of thiophene rings is 1. The zero-order valence-electron chi connectivity index (χ0n) is 13.1. The molecule has 2 rings (SSSR count). The van der Waals surface area contributed by atoms with E-state index >= 15 is 0 Å². The van der Waals surface area contributed by atoms with E-state index in [0.717, 1.165) is 16.0 Å². The van der Waals surface area contributed by atoms with Crippen molar-refractivity contribution in [2.75, 3.05) is 19.8 Å². The van der Waals surface area contributed by atoms with Crippen LogP contribution in [0.1, 0.15) is 22.1 Å². The number of amides is 1. The van der Waals surface area contributed by atoms with Gasteiger partial charge in [-0.15, -0.1) is 11.3 Å². The Morgan fingerprint density at radius 2 is 2.13 bits per heavy atom. The molecule has 1 heterocycles. The number of benzene rings is 1. The number of aliphatic hydroxyl groups is 1. The summed E-state index contributed by atoms with van der Waals surface area (Å²) in [5.41, 5.74) is 2.14. The summed E-state index contributed by atoms with van der Waals surface area (Å²) in [6.07, 6.45) is 3.03. The molecule has 122 valence electrons. The van der Waals surface area contributed by atoms with Crippen molar-refractivity contribution in [2.45, 2.75) is 13.0 Å². The van der Waals surface area contributed by atoms with Crippen molar-refractivity contribution < 1.29 is 14.6 Å². The van der Waals surface area contributed by atoms with Crippen molar-refractivity contribution in [3.8, 4) is 0 Å². The molecule has 5 heteroatoms. The Morgan fingerprint density at radius 1 is 1.35 bits per heavy atom. The summed E-state index contributed by atoms with van der Waals surface area (Å²) < 4.78 is 5.63. The first-order chi connectivity index (χ1) is 11.2. The van der Waals surface area contributed by atoms with Crippen LogP contribution >= 0.6 is 11.3 Å². The number of rotatable bonds is 8. The van der Waals surface area contributed by atoms with Gasteiger partial charge in [0.2, 0.25) is 5.91 Å². The Hall–Kier alpha value is -1.95. The molecule has 0 saturated heterocycles. The lowest BCUT2D eigenvalue weighted by Crippen LogP contribution is -2.28. The molecular weight excluding hydrogens is 310 g/mol. The number of aliphatic hydroxyl groups excluding tert-OH is 1. The van der Waals surface area contributed by atoms with Gasteiger partial charge in [-0.1, -0.05) is 35.9 Å². The molecule has 1 amide bonds. The summed E-state index contributed by atoms with van der Waals surface area (Å²) in [7, 11) is 0. The number of aryl methyl sites for hydroxylation is 1. The van der Waals surface area contributed by atoms with Gasteiger partial charge < -0.3 is 15.2 Å². The highest BCUT2D eigenvalue weighted by Gasteiger charge is 2.12. The van der Waals surface area contributed by atoms with E-state index in [1.165, 1.54) is 6.08 Å². The van der Waals surface area contributed by atoms with Crippen molar-refractivity contribution in [1.82, 2.24) is 5.32 Å². The van der Waals surface area contributed by atoms with Gasteiger partial charge in [-0.05, 0) is 30.0 Å². The van der Waals surface area contributed by atoms with E-state index in [1.54, 1.807) is 17.4 Å². The second-order valence-electron chi connectivity index (χ2n) is 5.09. The van der Waals surface area contributed by atoms with Crippen LogP contribution in [-0.2, 0) is 9.53 Å². The van der Waals surface area contributed by atoms with Crippen LogP contribution in [0.5, 0.6) is 0 Å². The van der Waals surface area contributed by atoms with Crippen LogP contribution in [0.25, 0.3) is 6.08 Å². The smallest absolute Gasteiger partial charge is 0.244 e. The Labute approximate surface area is 140 Å². The van der Waals surface area contributed by atoms with Gasteiger partial charge >= 0.3 is 0 Å². The van der Waals surface area contributed by atoms with Crippen molar-refractivity contribution in [1.29, 1.82) is 0 Å². The molecule has 0 aliphatic carbocycles. The van der Waals surface area contributed by atoms with E-state index in [-0.39, 0.29) is 25.2 Å². The number of carbonyl (C=O) groups excluding carboxylic acids is 1. The van der Waals surface area contributed by atoms with Gasteiger partial charge in [0.1, 0.15) is 0 Å². The van der Waals surface area contributed by atoms with E-state index in [1.807, 2.05) is 48.7 Å². The second-order valence-corrected chi connectivity index (χ2v) is 6.07. The highest BCUT2D eigenvalue weighted by Crippen LogP contribution is 2.17. The molecule has 4 nitrogen and oxygen atoms in total. The molecule has 0 radical (unpaired) electrons. The number of hydrogen-bond donors (Lipinski definition) is 2. The Kier molecular flexibility index (Phi) is 7.00. The van der Waals surface area contributed by atoms with Crippen LogP contribution in [0.4, 0.5) is 0 Å². The minimum Gasteiger partial charge on any atom is -0.394 e. The summed E-state index contributed by atoms with van der Waals surface area (Å²) in [6.45, 7) is 2.56. The van der Waals surface area contributed by atoms with E-state index in [4.69, 9.17) is 9.84 Å². The SMILES string of the molecule is Cc1ccc([C@@H](CNC(=O)/C=C/c2cccs2)OCCO)cc1. The lowest BCUT2D eigenvalue weighted by atomic mass is 10.1. The Morgan fingerprint density at radius 3 is 2.78 bits per heavy atom. The summed E-state index contributed by atoms with van der Waals surface area (Å²) >= 11 is 1.58. The Bertz CT molecular complexity index is 620. The molecule has 1 aromatic carbocycles. The highest BCUT2D eigenvalue weighted by molar-refractivity contribution is 7.10. The van der Waals surface area contributed by atoms with Gasteiger partial charge in [0.05, 0.1) is 19.3 Å². The van der Waals surface area contributed by atoms with E-state index in [0.29, 0.717) is 6.54 Å². The maximum Gasteiger partial charge on any atom is 0.244 e. The van der Waals surface area contributed by atoms with Gasteiger partial charge in [0, 0.05) is 17.5 Å². The fraction of sp³-hybridized carbons (Fsp3) is 0.278. The maximum absolute atomic E-state index is 11.9. The lowest BCUT2D eigenvalue weighted by molar-refractivity contribution is -0.117. The summed E-state index contributed by atoms with van der Waals surface area (Å²) in [6, 6.07) is 11.9. The van der Waals surface area contributed by atoms with E-state index in [9.17, 15) is 4.79 Å². The average Bonchev–Trinajstić information content (AvgIpc) is 3.07. The third-order valence-corrected chi connectivity index (χ3v) is 4.10. The summed E-state index contributed by atoms with van der Waals surface area (Å²) in [4.78, 5) is 12.9. The standard InChI is InChI=1S/C18H21NO3S/c1-14-4-6-15(7-5-14)17(22-11-10-20)13-19-18(21)9-8-16-3-2-12-23-16/h2-9,12,17,20H,10-11,13H2,1H3,(H,19,21)/b9-8+/t17-/m1/s1. The molecule has 0 aliphatic rings. The average molecular weight is 331 g/mol. The molecule has 2 N–H and O–H groups in total. The van der Waals surface area contributed by atoms with Gasteiger partial charge in [0.25, 0.3) is 0 Å². The zero-order valence-corrected chi connectivity index (χ0v) is 13.9. The van der Waals surface area contributed by atoms with Crippen LogP contribution < -0.4 is 5.32 Å². The quantitative estimate of drug-likeness (QED) is 0.731. The number of ether oxygens (including phenoxy) is 1. The molecule has 1 aromatic heterocycles. The van der Waals surface area contributed by atoms with Crippen LogP contribution in [0.15, 0.2) is 47.9 Å². The summed E-state index contributed by atoms with van der Waals surface area (Å²) in [5, 5.41) is 13.8. The van der Waals surface area contributed by atoms with Crippen LogP contribution in [-0.4, -0.2) is 30.8 Å². The lowest BCUT2D eigenvalue weighted by Gasteiger charge is -2.18. The topological polar surface area (TPSA) is 58.6 Å². The third kappa shape index (κ3) is 5.98. The second kappa shape index (κ2) is 9.25. The summed E-state index contributed by atoms with van der Waals surface area (Å²) in [5.74, 6) is -0.164. The molecule has 0 bridgehead atoms. The highest BCUT2D eigenvalue weighted by atomic mass is 32.1. The van der Waals surface area contributed by atoms with Gasteiger partial charge in [0.15, 0.2) is 0 Å². The number of hydrogen-bond acceptors (Lipinski definition) is 4. The third-order valence-electron chi connectivity index (χ3n) is 3.26. The Balaban J connectivity index is 1.92. The van der Waals surface area contributed by atoms with Crippen molar-refractivity contribution in [3.05, 3.63) is 63.9 Å². The minimum absolute atomic E-state index is 0.0470. The maximum atomic E-state index is 11.9. The van der Waals surface area contributed by atoms with Crippen LogP contribution in [0.2, 0.25) is 0 Å². The largest absolute Gasteiger partial charge is 0.394 e. The molecular formula is C18H21NO3S. The molecule has 2 aromatic rings. The molecule has 23 heavy (non-hydrogen) atoms. The van der Waals surface area contributed by atoms with Gasteiger partial charge in [-0.2, -0.15) is 0 Å². The first-order valence-electron chi connectivity index (χ1n) is 7.47. The van der Waals surface area contributed by atoms with E-state index in [2.05, 4.69) is 5.32 Å². The predicted molar refractivity (Wildman–Crippen MR) is 93.3 cm³/mol. The molecule has 1 atom stereocenters. The number of carbonyl (C=O) groups is 1. The van der Waals surface area contributed by atoms with Crippen molar-refractivity contribution in [2.24, 2.45) is 0 Å². The van der Waals surface area contributed by atoms with Crippen LogP contribution in [0, 0.1) is 6.92 Å². The first-order valence-corrected chi connectivity index (χ1v) is 8.35. The number of nitrogens with one attached hydrogen (secondary N) is 1. The van der Waals surface area contributed by atoms with Crippen molar-refractivity contribution in [3.63, 3.8) is 0 Å². The minimum atomic E-state index is -0.276. The van der Waals surface area contributed by atoms with Crippen LogP contribution in [0.3, 0.4) is 0 Å². The normalized spacial score (nSPS) is 12.4. The predicted octanol–water partition coefficient (Wildman–Crippen LogP) is 2.94. The van der Waals surface area contributed by atoms with Gasteiger partial charge in [-0.3, -0.25) is 4.79 Å². The van der Waals surface area contributed by atoms with Gasteiger partial charge in [-0.25, -0.2) is 0 Å². The molecule has 0 aliphatic heterocycles. The van der Waals surface area contributed by atoms with E-state index < -0.39 is 0 Å². The van der Waals surface area contributed by atoms with Crippen molar-refractivity contribution >= 4 is 23.3 Å². The molecule has 0 saturated carbocycles. The zero-order chi connectivity index (χ0) is 16.5. The molecule has 0 fully saturated rings. The monoisotopic (exact) mass is 331 g/mol.